The van der Waals surface area contributed by atoms with Crippen LogP contribution in [0.1, 0.15) is 15.9 Å². The highest BCUT2D eigenvalue weighted by molar-refractivity contribution is 7.94. The van der Waals surface area contributed by atoms with Gasteiger partial charge in [-0.1, -0.05) is 60.7 Å². The van der Waals surface area contributed by atoms with Gasteiger partial charge in [-0.2, -0.15) is 0 Å². The largest absolute Gasteiger partial charge is 0.348 e. The molecule has 184 valence electrons. The fourth-order valence-electron chi connectivity index (χ4n) is 3.46. The molecule has 4 rings (SSSR count). The lowest BCUT2D eigenvalue weighted by atomic mass is 10.1. The molecule has 1 heterocycles. The third-order valence-electron chi connectivity index (χ3n) is 5.19. The molecule has 2 N–H and O–H groups in total. The molecule has 36 heavy (non-hydrogen) atoms. The molecule has 1 aromatic heterocycles. The van der Waals surface area contributed by atoms with Crippen LogP contribution in [0.2, 0.25) is 0 Å². The standard InChI is InChI=1S/C26H22FN3O4S2/c27-21-12-5-7-14-23(21)30(36(33,34)25-15-8-16-35-25)18-24(31)29-22-13-6-4-11-20(22)26(32)28-17-19-9-2-1-3-10-19/h1-16H,17-18H2,(H,28,32)(H,29,31). The number of rotatable bonds is 9. The number of anilines is 2. The summed E-state index contributed by atoms with van der Waals surface area (Å²) in [6, 6.07) is 24.0. The van der Waals surface area contributed by atoms with Gasteiger partial charge >= 0.3 is 0 Å². The molecule has 0 aliphatic carbocycles. The number of amides is 2. The third kappa shape index (κ3) is 5.78. The number of hydrogen-bond donors (Lipinski definition) is 2. The van der Waals surface area contributed by atoms with Crippen LogP contribution >= 0.6 is 11.3 Å². The summed E-state index contributed by atoms with van der Waals surface area (Å²) < 4.78 is 41.8. The van der Waals surface area contributed by atoms with Gasteiger partial charge in [0.05, 0.1) is 16.9 Å². The van der Waals surface area contributed by atoms with E-state index in [2.05, 4.69) is 10.6 Å². The molecule has 0 spiro atoms. The van der Waals surface area contributed by atoms with E-state index in [1.807, 2.05) is 30.3 Å². The minimum atomic E-state index is -4.21. The molecule has 0 fully saturated rings. The van der Waals surface area contributed by atoms with Gasteiger partial charge in [0.25, 0.3) is 15.9 Å². The average Bonchev–Trinajstić information content (AvgIpc) is 3.43. The van der Waals surface area contributed by atoms with Crippen LogP contribution in [-0.2, 0) is 21.4 Å². The lowest BCUT2D eigenvalue weighted by Gasteiger charge is -2.24. The second-order valence-electron chi connectivity index (χ2n) is 7.66. The van der Waals surface area contributed by atoms with Crippen molar-refractivity contribution in [2.45, 2.75) is 10.8 Å². The molecule has 7 nitrogen and oxygen atoms in total. The van der Waals surface area contributed by atoms with E-state index in [-0.39, 0.29) is 21.1 Å². The van der Waals surface area contributed by atoms with E-state index in [1.54, 1.807) is 29.6 Å². The Hall–Kier alpha value is -4.02. The Bertz CT molecular complexity index is 1460. The van der Waals surface area contributed by atoms with Gasteiger partial charge in [0.2, 0.25) is 5.91 Å². The molecule has 0 unspecified atom stereocenters. The number of para-hydroxylation sites is 2. The number of nitrogens with one attached hydrogen (secondary N) is 2. The van der Waals surface area contributed by atoms with Crippen molar-refractivity contribution in [1.29, 1.82) is 0 Å². The number of carbonyl (C=O) groups is 2. The van der Waals surface area contributed by atoms with Gasteiger partial charge in [-0.15, -0.1) is 11.3 Å². The topological polar surface area (TPSA) is 95.6 Å². The van der Waals surface area contributed by atoms with E-state index in [1.165, 1.54) is 30.3 Å². The Morgan fingerprint density at radius 2 is 1.56 bits per heavy atom. The summed E-state index contributed by atoms with van der Waals surface area (Å²) >= 11 is 0.963. The molecule has 10 heteroatoms. The predicted molar refractivity (Wildman–Crippen MR) is 138 cm³/mol. The maximum Gasteiger partial charge on any atom is 0.274 e. The SMILES string of the molecule is O=C(CN(c1ccccc1F)S(=O)(=O)c1cccs1)Nc1ccccc1C(=O)NCc1ccccc1. The second kappa shape index (κ2) is 11.1. The molecule has 0 aliphatic heterocycles. The maximum absolute atomic E-state index is 14.6. The lowest BCUT2D eigenvalue weighted by molar-refractivity contribution is -0.114. The number of sulfonamides is 1. The van der Waals surface area contributed by atoms with Gasteiger partial charge in [-0.25, -0.2) is 12.8 Å². The van der Waals surface area contributed by atoms with Gasteiger partial charge in [0, 0.05) is 6.54 Å². The third-order valence-corrected chi connectivity index (χ3v) is 8.32. The zero-order chi connectivity index (χ0) is 25.5. The molecule has 0 saturated heterocycles. The summed E-state index contributed by atoms with van der Waals surface area (Å²) in [4.78, 5) is 25.8. The Balaban J connectivity index is 1.55. The number of benzene rings is 3. The number of nitrogens with zero attached hydrogens (tertiary/aromatic N) is 1. The summed E-state index contributed by atoms with van der Waals surface area (Å²) in [5.74, 6) is -1.93. The van der Waals surface area contributed by atoms with E-state index in [0.29, 0.717) is 6.54 Å². The van der Waals surface area contributed by atoms with Gasteiger partial charge in [-0.3, -0.25) is 13.9 Å². The number of halogens is 1. The van der Waals surface area contributed by atoms with Crippen molar-refractivity contribution in [1.82, 2.24) is 5.32 Å². The first-order chi connectivity index (χ1) is 17.4. The van der Waals surface area contributed by atoms with Crippen molar-refractivity contribution >= 4 is 44.5 Å². The minimum absolute atomic E-state index is 0.0285. The summed E-state index contributed by atoms with van der Waals surface area (Å²) in [6.45, 7) is -0.400. The van der Waals surface area contributed by atoms with Crippen molar-refractivity contribution in [3.8, 4) is 0 Å². The first kappa shape index (κ1) is 25.1. The molecule has 4 aromatic rings. The van der Waals surface area contributed by atoms with Crippen LogP contribution in [0.15, 0.2) is 101 Å². The molecular formula is C26H22FN3O4S2. The Morgan fingerprint density at radius 3 is 2.28 bits per heavy atom. The zero-order valence-corrected chi connectivity index (χ0v) is 20.6. The Labute approximate surface area is 212 Å². The van der Waals surface area contributed by atoms with Crippen molar-refractivity contribution in [3.63, 3.8) is 0 Å². The molecule has 0 bridgehead atoms. The summed E-state index contributed by atoms with van der Waals surface area (Å²) in [5, 5.41) is 6.98. The highest BCUT2D eigenvalue weighted by Gasteiger charge is 2.30. The number of carbonyl (C=O) groups excluding carboxylic acids is 2. The normalized spacial score (nSPS) is 11.0. The lowest BCUT2D eigenvalue weighted by Crippen LogP contribution is -2.38. The quantitative estimate of drug-likeness (QED) is 0.334. The van der Waals surface area contributed by atoms with Crippen LogP contribution in [0.4, 0.5) is 15.8 Å². The van der Waals surface area contributed by atoms with Crippen LogP contribution in [-0.4, -0.2) is 26.8 Å². The first-order valence-electron chi connectivity index (χ1n) is 10.9. The highest BCUT2D eigenvalue weighted by Crippen LogP contribution is 2.28. The van der Waals surface area contributed by atoms with Crippen LogP contribution in [0, 0.1) is 5.82 Å². The molecule has 2 amide bonds. The van der Waals surface area contributed by atoms with Gasteiger partial charge in [-0.05, 0) is 41.3 Å². The molecule has 0 radical (unpaired) electrons. The van der Waals surface area contributed by atoms with Crippen molar-refractivity contribution in [2.24, 2.45) is 0 Å². The van der Waals surface area contributed by atoms with Crippen molar-refractivity contribution < 1.29 is 22.4 Å². The minimum Gasteiger partial charge on any atom is -0.348 e. The predicted octanol–water partition coefficient (Wildman–Crippen LogP) is 4.65. The van der Waals surface area contributed by atoms with E-state index in [4.69, 9.17) is 0 Å². The summed E-state index contributed by atoms with van der Waals surface area (Å²) in [5.41, 5.74) is 1.07. The maximum atomic E-state index is 14.6. The van der Waals surface area contributed by atoms with E-state index in [9.17, 15) is 22.4 Å². The Kier molecular flexibility index (Phi) is 7.77. The fourth-order valence-corrected chi connectivity index (χ4v) is 5.99. The molecule has 0 atom stereocenters. The van der Waals surface area contributed by atoms with Crippen LogP contribution in [0.25, 0.3) is 0 Å². The highest BCUT2D eigenvalue weighted by atomic mass is 32.2. The summed E-state index contributed by atoms with van der Waals surface area (Å²) in [6.07, 6.45) is 0. The van der Waals surface area contributed by atoms with Gasteiger partial charge in [0.1, 0.15) is 16.6 Å². The van der Waals surface area contributed by atoms with Crippen LogP contribution < -0.4 is 14.9 Å². The van der Waals surface area contributed by atoms with Crippen molar-refractivity contribution in [2.75, 3.05) is 16.2 Å². The smallest absolute Gasteiger partial charge is 0.274 e. The van der Waals surface area contributed by atoms with Gasteiger partial charge < -0.3 is 10.6 Å². The second-order valence-corrected chi connectivity index (χ2v) is 10.7. The van der Waals surface area contributed by atoms with Gasteiger partial charge in [0.15, 0.2) is 0 Å². The monoisotopic (exact) mass is 523 g/mol. The van der Waals surface area contributed by atoms with E-state index >= 15 is 0 Å². The van der Waals surface area contributed by atoms with E-state index < -0.39 is 34.2 Å². The molecule has 0 saturated carbocycles. The fraction of sp³-hybridized carbons (Fsp3) is 0.0769. The zero-order valence-electron chi connectivity index (χ0n) is 18.9. The first-order valence-corrected chi connectivity index (χ1v) is 13.2. The van der Waals surface area contributed by atoms with E-state index in [0.717, 1.165) is 27.3 Å². The number of thiophene rings is 1. The van der Waals surface area contributed by atoms with Crippen LogP contribution in [0.3, 0.4) is 0 Å². The molecule has 0 aliphatic rings. The average molecular weight is 524 g/mol. The van der Waals surface area contributed by atoms with Crippen LogP contribution in [0.5, 0.6) is 0 Å². The summed E-state index contributed by atoms with van der Waals surface area (Å²) in [7, 11) is -4.21. The van der Waals surface area contributed by atoms with Crippen molar-refractivity contribution in [3.05, 3.63) is 113 Å². The molecular weight excluding hydrogens is 501 g/mol. The Morgan fingerprint density at radius 1 is 0.861 bits per heavy atom. The number of hydrogen-bond acceptors (Lipinski definition) is 5. The molecule has 3 aromatic carbocycles.